The molecule has 0 radical (unpaired) electrons. The summed E-state index contributed by atoms with van der Waals surface area (Å²) in [6.07, 6.45) is -1.15. The molecule has 0 unspecified atom stereocenters. The highest BCUT2D eigenvalue weighted by Gasteiger charge is 2.18. The van der Waals surface area contributed by atoms with Crippen LogP contribution in [-0.2, 0) is 0 Å². The summed E-state index contributed by atoms with van der Waals surface area (Å²) in [6.45, 7) is 1.34. The van der Waals surface area contributed by atoms with Crippen molar-refractivity contribution >= 4 is 5.69 Å². The van der Waals surface area contributed by atoms with Gasteiger partial charge in [-0.2, -0.15) is 0 Å². The van der Waals surface area contributed by atoms with Crippen molar-refractivity contribution in [3.8, 4) is 11.5 Å². The van der Waals surface area contributed by atoms with Crippen LogP contribution in [0.5, 0.6) is 11.5 Å². The quantitative estimate of drug-likeness (QED) is 0.689. The number of rotatable bonds is 4. The molecule has 0 amide bonds. The number of nitrogens with zero attached hydrogens (tertiary/aromatic N) is 1. The average Bonchev–Trinajstić information content (AvgIpc) is 2.40. The maximum absolute atomic E-state index is 13.7. The molecule has 0 fully saturated rings. The lowest BCUT2D eigenvalue weighted by atomic mass is 10.1. The van der Waals surface area contributed by atoms with Crippen LogP contribution in [0, 0.1) is 21.7 Å². The SMILES string of the molecule is C[C@H](O)c1c(F)cccc1Oc1ccc([N+](=O)[O-])cc1F. The van der Waals surface area contributed by atoms with Crippen molar-refractivity contribution in [2.24, 2.45) is 0 Å². The number of halogens is 2. The zero-order valence-electron chi connectivity index (χ0n) is 10.9. The lowest BCUT2D eigenvalue weighted by Gasteiger charge is -2.14. The minimum Gasteiger partial charge on any atom is -0.454 e. The van der Waals surface area contributed by atoms with Crippen LogP contribution in [0.2, 0.25) is 0 Å². The van der Waals surface area contributed by atoms with Gasteiger partial charge in [-0.05, 0) is 25.1 Å². The Kier molecular flexibility index (Phi) is 4.13. The highest BCUT2D eigenvalue weighted by atomic mass is 19.1. The molecule has 0 aromatic heterocycles. The minimum absolute atomic E-state index is 0.0576. The van der Waals surface area contributed by atoms with Crippen molar-refractivity contribution < 1.29 is 23.5 Å². The van der Waals surface area contributed by atoms with Gasteiger partial charge in [0.1, 0.15) is 11.6 Å². The first kappa shape index (κ1) is 14.9. The summed E-state index contributed by atoms with van der Waals surface area (Å²) in [5.74, 6) is -2.00. The Labute approximate surface area is 118 Å². The van der Waals surface area contributed by atoms with Crippen molar-refractivity contribution in [1.82, 2.24) is 0 Å². The molecular formula is C14H11F2NO4. The summed E-state index contributed by atoms with van der Waals surface area (Å²) >= 11 is 0. The first-order valence-corrected chi connectivity index (χ1v) is 5.98. The Hall–Kier alpha value is -2.54. The fourth-order valence-corrected chi connectivity index (χ4v) is 1.82. The van der Waals surface area contributed by atoms with E-state index in [2.05, 4.69) is 0 Å². The van der Waals surface area contributed by atoms with Gasteiger partial charge in [-0.3, -0.25) is 10.1 Å². The lowest BCUT2D eigenvalue weighted by molar-refractivity contribution is -0.385. The number of nitro groups is 1. The maximum Gasteiger partial charge on any atom is 0.272 e. The van der Waals surface area contributed by atoms with Crippen LogP contribution in [0.25, 0.3) is 0 Å². The van der Waals surface area contributed by atoms with E-state index < -0.39 is 28.3 Å². The predicted octanol–water partition coefficient (Wildman–Crippen LogP) is 3.72. The molecule has 1 N–H and O–H groups in total. The van der Waals surface area contributed by atoms with E-state index in [1.54, 1.807) is 0 Å². The number of hydrogen-bond donors (Lipinski definition) is 1. The van der Waals surface area contributed by atoms with Crippen molar-refractivity contribution in [3.05, 3.63) is 63.7 Å². The fraction of sp³-hybridized carbons (Fsp3) is 0.143. The molecule has 5 nitrogen and oxygen atoms in total. The molecule has 0 aliphatic rings. The van der Waals surface area contributed by atoms with E-state index in [0.717, 1.165) is 18.2 Å². The summed E-state index contributed by atoms with van der Waals surface area (Å²) in [4.78, 5) is 9.79. The number of benzene rings is 2. The number of aliphatic hydroxyl groups is 1. The first-order valence-electron chi connectivity index (χ1n) is 5.98. The predicted molar refractivity (Wildman–Crippen MR) is 70.2 cm³/mol. The number of non-ortho nitro benzene ring substituents is 1. The molecule has 0 heterocycles. The Morgan fingerprint density at radius 2 is 1.90 bits per heavy atom. The molecule has 2 aromatic rings. The number of ether oxygens (including phenoxy) is 1. The molecule has 0 aliphatic heterocycles. The van der Waals surface area contributed by atoms with Crippen LogP contribution in [-0.4, -0.2) is 10.0 Å². The molecule has 1 atom stereocenters. The Morgan fingerprint density at radius 3 is 2.48 bits per heavy atom. The van der Waals surface area contributed by atoms with Gasteiger partial charge in [0.15, 0.2) is 11.6 Å². The highest BCUT2D eigenvalue weighted by molar-refractivity contribution is 5.43. The van der Waals surface area contributed by atoms with E-state index >= 15 is 0 Å². The summed E-state index contributed by atoms with van der Waals surface area (Å²) in [6, 6.07) is 6.70. The highest BCUT2D eigenvalue weighted by Crippen LogP contribution is 2.33. The molecule has 21 heavy (non-hydrogen) atoms. The summed E-state index contributed by atoms with van der Waals surface area (Å²) in [7, 11) is 0. The fourth-order valence-electron chi connectivity index (χ4n) is 1.82. The van der Waals surface area contributed by atoms with Crippen LogP contribution in [0.3, 0.4) is 0 Å². The van der Waals surface area contributed by atoms with Crippen molar-refractivity contribution in [2.45, 2.75) is 13.0 Å². The van der Waals surface area contributed by atoms with Gasteiger partial charge in [0.05, 0.1) is 22.7 Å². The molecule has 110 valence electrons. The van der Waals surface area contributed by atoms with E-state index in [4.69, 9.17) is 4.74 Å². The van der Waals surface area contributed by atoms with E-state index in [1.807, 2.05) is 0 Å². The van der Waals surface area contributed by atoms with Crippen molar-refractivity contribution in [2.75, 3.05) is 0 Å². The zero-order chi connectivity index (χ0) is 15.6. The molecule has 2 rings (SSSR count). The van der Waals surface area contributed by atoms with Crippen LogP contribution >= 0.6 is 0 Å². The third kappa shape index (κ3) is 3.14. The smallest absolute Gasteiger partial charge is 0.272 e. The molecule has 0 saturated heterocycles. The van der Waals surface area contributed by atoms with Crippen molar-refractivity contribution in [1.29, 1.82) is 0 Å². The van der Waals surface area contributed by atoms with E-state index in [1.165, 1.54) is 19.1 Å². The van der Waals surface area contributed by atoms with Crippen LogP contribution < -0.4 is 4.74 Å². The maximum atomic E-state index is 13.7. The Bertz CT molecular complexity index is 689. The number of aliphatic hydroxyl groups excluding tert-OH is 1. The Morgan fingerprint density at radius 1 is 1.19 bits per heavy atom. The number of hydrogen-bond acceptors (Lipinski definition) is 4. The largest absolute Gasteiger partial charge is 0.454 e. The van der Waals surface area contributed by atoms with Gasteiger partial charge in [0.25, 0.3) is 5.69 Å². The third-order valence-electron chi connectivity index (χ3n) is 2.78. The lowest BCUT2D eigenvalue weighted by Crippen LogP contribution is -2.01. The molecular weight excluding hydrogens is 284 g/mol. The van der Waals surface area contributed by atoms with E-state index in [9.17, 15) is 24.0 Å². The molecule has 0 saturated carbocycles. The molecule has 0 bridgehead atoms. The van der Waals surface area contributed by atoms with Gasteiger partial charge in [0.2, 0.25) is 0 Å². The standard InChI is InChI=1S/C14H11F2NO4/c1-8(18)14-10(15)3-2-4-13(14)21-12-6-5-9(17(19)20)7-11(12)16/h2-8,18H,1H3/t8-/m0/s1. The van der Waals surface area contributed by atoms with Crippen LogP contribution in [0.15, 0.2) is 36.4 Å². The monoisotopic (exact) mass is 295 g/mol. The molecule has 0 spiro atoms. The topological polar surface area (TPSA) is 72.6 Å². The van der Waals surface area contributed by atoms with Crippen LogP contribution in [0.4, 0.5) is 14.5 Å². The van der Waals surface area contributed by atoms with Gasteiger partial charge in [-0.15, -0.1) is 0 Å². The van der Waals surface area contributed by atoms with E-state index in [0.29, 0.717) is 6.07 Å². The second-order valence-electron chi connectivity index (χ2n) is 4.30. The minimum atomic E-state index is -1.15. The van der Waals surface area contributed by atoms with Gasteiger partial charge >= 0.3 is 0 Å². The summed E-state index contributed by atoms with van der Waals surface area (Å²) in [5.41, 5.74) is -0.537. The van der Waals surface area contributed by atoms with E-state index in [-0.39, 0.29) is 17.1 Å². The Balaban J connectivity index is 2.39. The zero-order valence-corrected chi connectivity index (χ0v) is 10.9. The number of nitro benzene ring substituents is 1. The molecule has 0 aliphatic carbocycles. The van der Waals surface area contributed by atoms with Crippen molar-refractivity contribution in [3.63, 3.8) is 0 Å². The summed E-state index contributed by atoms with van der Waals surface area (Å²) < 4.78 is 32.6. The van der Waals surface area contributed by atoms with Gasteiger partial charge < -0.3 is 9.84 Å². The molecule has 2 aromatic carbocycles. The van der Waals surface area contributed by atoms with Gasteiger partial charge in [0, 0.05) is 6.07 Å². The molecule has 7 heteroatoms. The van der Waals surface area contributed by atoms with Crippen LogP contribution in [0.1, 0.15) is 18.6 Å². The first-order chi connectivity index (χ1) is 9.90. The summed E-state index contributed by atoms with van der Waals surface area (Å²) in [5, 5.41) is 20.1. The van der Waals surface area contributed by atoms with Gasteiger partial charge in [-0.1, -0.05) is 6.07 Å². The second kappa shape index (κ2) is 5.84. The third-order valence-corrected chi connectivity index (χ3v) is 2.78. The average molecular weight is 295 g/mol. The normalized spacial score (nSPS) is 12.0. The van der Waals surface area contributed by atoms with Gasteiger partial charge in [-0.25, -0.2) is 8.78 Å². The second-order valence-corrected chi connectivity index (χ2v) is 4.30.